The summed E-state index contributed by atoms with van der Waals surface area (Å²) in [5, 5.41) is 8.15. The van der Waals surface area contributed by atoms with Gasteiger partial charge in [-0.15, -0.1) is 10.2 Å². The Kier molecular flexibility index (Phi) is 3.09. The molecule has 2 N–H and O–H groups in total. The highest BCUT2D eigenvalue weighted by Crippen LogP contribution is 2.32. The van der Waals surface area contributed by atoms with Gasteiger partial charge >= 0.3 is 0 Å². The molecule has 0 saturated carbocycles. The number of nitrogens with two attached hydrogens (primary N) is 1. The first-order valence-electron chi connectivity index (χ1n) is 6.63. The van der Waals surface area contributed by atoms with E-state index in [1.54, 1.807) is 0 Å². The molecule has 2 aliphatic heterocycles. The molecule has 18 heavy (non-hydrogen) atoms. The Morgan fingerprint density at radius 3 is 3.17 bits per heavy atom. The largest absolute Gasteiger partial charge is 0.381 e. The van der Waals surface area contributed by atoms with Gasteiger partial charge in [0.2, 0.25) is 0 Å². The molecule has 0 bridgehead atoms. The molecule has 6 nitrogen and oxygen atoms in total. The minimum absolute atomic E-state index is 0.00764. The molecule has 1 aromatic rings. The van der Waals surface area contributed by atoms with E-state index in [1.165, 1.54) is 0 Å². The molecular weight excluding hydrogens is 230 g/mol. The fourth-order valence-electron chi connectivity index (χ4n) is 3.08. The van der Waals surface area contributed by atoms with Crippen LogP contribution in [0.25, 0.3) is 0 Å². The fourth-order valence-corrected chi connectivity index (χ4v) is 3.08. The van der Waals surface area contributed by atoms with Crippen LogP contribution in [-0.2, 0) is 17.8 Å². The van der Waals surface area contributed by atoms with Crippen LogP contribution in [-0.4, -0.2) is 51.5 Å². The van der Waals surface area contributed by atoms with Crippen LogP contribution in [0.5, 0.6) is 0 Å². The number of nitrogens with zero attached hydrogens (tertiary/aromatic N) is 4. The standard InChI is InChI=1S/C12H21N5O/c1-12(8-13,10-2-5-18-7-10)17-4-3-16-9-14-15-11(16)6-17/h9-10H,2-8,13H2,1H3. The van der Waals surface area contributed by atoms with Crippen molar-refractivity contribution in [3.63, 3.8) is 0 Å². The van der Waals surface area contributed by atoms with E-state index < -0.39 is 0 Å². The average molecular weight is 251 g/mol. The fraction of sp³-hybridized carbons (Fsp3) is 0.833. The lowest BCUT2D eigenvalue weighted by molar-refractivity contribution is 0.0231. The second-order valence-electron chi connectivity index (χ2n) is 5.48. The maximum atomic E-state index is 6.07. The molecular formula is C12H21N5O. The van der Waals surface area contributed by atoms with Crippen LogP contribution >= 0.6 is 0 Å². The zero-order valence-corrected chi connectivity index (χ0v) is 10.9. The van der Waals surface area contributed by atoms with Gasteiger partial charge in [0.1, 0.15) is 12.2 Å². The van der Waals surface area contributed by atoms with Gasteiger partial charge in [0, 0.05) is 37.7 Å². The molecule has 0 radical (unpaired) electrons. The van der Waals surface area contributed by atoms with E-state index in [1.807, 2.05) is 6.33 Å². The summed E-state index contributed by atoms with van der Waals surface area (Å²) >= 11 is 0. The van der Waals surface area contributed by atoms with E-state index in [9.17, 15) is 0 Å². The van der Waals surface area contributed by atoms with E-state index in [4.69, 9.17) is 10.5 Å². The highest BCUT2D eigenvalue weighted by Gasteiger charge is 2.41. The smallest absolute Gasteiger partial charge is 0.147 e. The molecule has 1 saturated heterocycles. The summed E-state index contributed by atoms with van der Waals surface area (Å²) in [6.45, 7) is 7.42. The van der Waals surface area contributed by atoms with Crippen molar-refractivity contribution in [1.29, 1.82) is 0 Å². The Hall–Kier alpha value is -0.980. The number of fused-ring (bicyclic) bond motifs is 1. The molecule has 3 rings (SSSR count). The van der Waals surface area contributed by atoms with E-state index in [0.29, 0.717) is 12.5 Å². The summed E-state index contributed by atoms with van der Waals surface area (Å²) in [4.78, 5) is 2.45. The molecule has 0 aromatic carbocycles. The van der Waals surface area contributed by atoms with Gasteiger partial charge in [0.15, 0.2) is 0 Å². The minimum atomic E-state index is 0.00764. The Labute approximate surface area is 107 Å². The molecule has 100 valence electrons. The minimum Gasteiger partial charge on any atom is -0.381 e. The highest BCUT2D eigenvalue weighted by molar-refractivity contribution is 5.00. The van der Waals surface area contributed by atoms with Gasteiger partial charge in [-0.2, -0.15) is 0 Å². The highest BCUT2D eigenvalue weighted by atomic mass is 16.5. The van der Waals surface area contributed by atoms with Crippen molar-refractivity contribution in [2.75, 3.05) is 26.3 Å². The maximum Gasteiger partial charge on any atom is 0.147 e. The maximum absolute atomic E-state index is 6.07. The van der Waals surface area contributed by atoms with Crippen LogP contribution in [0.3, 0.4) is 0 Å². The number of ether oxygens (including phenoxy) is 1. The molecule has 0 spiro atoms. The third kappa shape index (κ3) is 1.84. The van der Waals surface area contributed by atoms with Crippen LogP contribution in [0, 0.1) is 5.92 Å². The molecule has 1 aromatic heterocycles. The van der Waals surface area contributed by atoms with Gasteiger partial charge in [-0.3, -0.25) is 4.90 Å². The van der Waals surface area contributed by atoms with Gasteiger partial charge in [0.25, 0.3) is 0 Å². The zero-order valence-electron chi connectivity index (χ0n) is 10.9. The molecule has 0 aliphatic carbocycles. The number of rotatable bonds is 3. The molecule has 2 unspecified atom stereocenters. The Morgan fingerprint density at radius 1 is 1.56 bits per heavy atom. The topological polar surface area (TPSA) is 69.2 Å². The Bertz CT molecular complexity index is 414. The molecule has 3 heterocycles. The second kappa shape index (κ2) is 4.60. The van der Waals surface area contributed by atoms with E-state index >= 15 is 0 Å². The van der Waals surface area contributed by atoms with Gasteiger partial charge in [-0.1, -0.05) is 0 Å². The average Bonchev–Trinajstić information content (AvgIpc) is 3.07. The van der Waals surface area contributed by atoms with Crippen LogP contribution in [0.2, 0.25) is 0 Å². The quantitative estimate of drug-likeness (QED) is 0.809. The zero-order chi connectivity index (χ0) is 12.6. The predicted octanol–water partition coefficient (Wildman–Crippen LogP) is -0.152. The molecule has 2 atom stereocenters. The lowest BCUT2D eigenvalue weighted by atomic mass is 9.83. The first-order valence-corrected chi connectivity index (χ1v) is 6.63. The van der Waals surface area contributed by atoms with Crippen molar-refractivity contribution in [3.05, 3.63) is 12.2 Å². The Morgan fingerprint density at radius 2 is 2.44 bits per heavy atom. The summed E-state index contributed by atoms with van der Waals surface area (Å²) in [6, 6.07) is 0. The third-order valence-electron chi connectivity index (χ3n) is 4.58. The van der Waals surface area contributed by atoms with Crippen molar-refractivity contribution in [1.82, 2.24) is 19.7 Å². The van der Waals surface area contributed by atoms with Crippen molar-refractivity contribution in [3.8, 4) is 0 Å². The summed E-state index contributed by atoms with van der Waals surface area (Å²) in [7, 11) is 0. The van der Waals surface area contributed by atoms with E-state index in [-0.39, 0.29) is 5.54 Å². The number of hydrogen-bond donors (Lipinski definition) is 1. The molecule has 1 fully saturated rings. The van der Waals surface area contributed by atoms with Crippen LogP contribution in [0.1, 0.15) is 19.2 Å². The van der Waals surface area contributed by atoms with E-state index in [2.05, 4.69) is 26.6 Å². The van der Waals surface area contributed by atoms with Crippen LogP contribution < -0.4 is 5.73 Å². The summed E-state index contributed by atoms with van der Waals surface area (Å²) in [6.07, 6.45) is 2.92. The predicted molar refractivity (Wildman–Crippen MR) is 66.8 cm³/mol. The SMILES string of the molecule is CC(CN)(C1CCOC1)N1CCn2cnnc2C1. The van der Waals surface area contributed by atoms with Crippen LogP contribution in [0.4, 0.5) is 0 Å². The van der Waals surface area contributed by atoms with Gasteiger partial charge in [-0.25, -0.2) is 0 Å². The normalized spacial score (nSPS) is 28.0. The third-order valence-corrected chi connectivity index (χ3v) is 4.58. The molecule has 2 aliphatic rings. The number of aromatic nitrogens is 3. The summed E-state index contributed by atoms with van der Waals surface area (Å²) < 4.78 is 7.66. The lowest BCUT2D eigenvalue weighted by Crippen LogP contribution is -2.58. The van der Waals surface area contributed by atoms with Crippen LogP contribution in [0.15, 0.2) is 6.33 Å². The van der Waals surface area contributed by atoms with Crippen molar-refractivity contribution in [2.45, 2.75) is 32.0 Å². The first-order chi connectivity index (χ1) is 8.74. The van der Waals surface area contributed by atoms with Gasteiger partial charge in [0.05, 0.1) is 13.2 Å². The summed E-state index contributed by atoms with van der Waals surface area (Å²) in [5.74, 6) is 1.57. The Balaban J connectivity index is 1.80. The molecule has 0 amide bonds. The van der Waals surface area contributed by atoms with Gasteiger partial charge < -0.3 is 15.0 Å². The number of hydrogen-bond acceptors (Lipinski definition) is 5. The second-order valence-corrected chi connectivity index (χ2v) is 5.48. The van der Waals surface area contributed by atoms with Gasteiger partial charge in [-0.05, 0) is 13.3 Å². The van der Waals surface area contributed by atoms with E-state index in [0.717, 1.165) is 45.1 Å². The van der Waals surface area contributed by atoms with Crippen molar-refractivity contribution < 1.29 is 4.74 Å². The van der Waals surface area contributed by atoms with Crippen molar-refractivity contribution >= 4 is 0 Å². The summed E-state index contributed by atoms with van der Waals surface area (Å²) in [5.41, 5.74) is 6.08. The van der Waals surface area contributed by atoms with Crippen molar-refractivity contribution in [2.24, 2.45) is 11.7 Å². The lowest BCUT2D eigenvalue weighted by Gasteiger charge is -2.45. The molecule has 6 heteroatoms. The first kappa shape index (κ1) is 12.1. The monoisotopic (exact) mass is 251 g/mol.